The summed E-state index contributed by atoms with van der Waals surface area (Å²) in [6.45, 7) is 10.3. The van der Waals surface area contributed by atoms with Crippen LogP contribution < -0.4 is 5.73 Å². The molecule has 0 rings (SSSR count). The summed E-state index contributed by atoms with van der Waals surface area (Å²) in [5.41, 5.74) is 6.08. The summed E-state index contributed by atoms with van der Waals surface area (Å²) in [6, 6.07) is 0. The Hall–Kier alpha value is -0.300. The molecule has 0 amide bonds. The number of nitrogens with two attached hydrogens (primary N) is 1. The fourth-order valence-electron chi connectivity index (χ4n) is 1.81. The Morgan fingerprint density at radius 3 is 2.36 bits per heavy atom. The van der Waals surface area contributed by atoms with E-state index in [4.69, 9.17) is 5.73 Å². The monoisotopic (exact) mass is 197 g/mol. The molecule has 0 saturated heterocycles. The zero-order valence-corrected chi connectivity index (χ0v) is 10.2. The van der Waals surface area contributed by atoms with Gasteiger partial charge in [-0.25, -0.2) is 0 Å². The van der Waals surface area contributed by atoms with Crippen LogP contribution in [-0.4, -0.2) is 5.54 Å². The normalized spacial score (nSPS) is 14.0. The van der Waals surface area contributed by atoms with E-state index in [-0.39, 0.29) is 5.54 Å². The minimum absolute atomic E-state index is 0.0552. The summed E-state index contributed by atoms with van der Waals surface area (Å²) >= 11 is 0. The third-order valence-corrected chi connectivity index (χ3v) is 2.91. The zero-order valence-electron chi connectivity index (χ0n) is 10.2. The molecule has 1 nitrogen and oxygen atoms in total. The van der Waals surface area contributed by atoms with Crippen LogP contribution in [0.1, 0.15) is 59.3 Å². The Kier molecular flexibility index (Phi) is 6.90. The molecule has 0 aromatic carbocycles. The molecule has 0 spiro atoms. The summed E-state index contributed by atoms with van der Waals surface area (Å²) in [5, 5.41) is 0. The molecule has 0 aromatic heterocycles. The second kappa shape index (κ2) is 7.05. The highest BCUT2D eigenvalue weighted by molar-refractivity contribution is 4.87. The van der Waals surface area contributed by atoms with Crippen LogP contribution in [0.25, 0.3) is 0 Å². The van der Waals surface area contributed by atoms with Crippen molar-refractivity contribution in [1.82, 2.24) is 0 Å². The molecule has 0 aliphatic carbocycles. The van der Waals surface area contributed by atoms with Crippen molar-refractivity contribution < 1.29 is 0 Å². The molecule has 0 saturated carbocycles. The Labute approximate surface area is 89.8 Å². The molecule has 0 aliphatic heterocycles. The van der Waals surface area contributed by atoms with Crippen LogP contribution in [-0.2, 0) is 0 Å². The first-order chi connectivity index (χ1) is 6.52. The first kappa shape index (κ1) is 13.7. The van der Waals surface area contributed by atoms with Crippen LogP contribution in [0.15, 0.2) is 12.7 Å². The summed E-state index contributed by atoms with van der Waals surface area (Å²) in [4.78, 5) is 0. The van der Waals surface area contributed by atoms with E-state index in [0.29, 0.717) is 5.92 Å². The third kappa shape index (κ3) is 6.20. The molecule has 0 heterocycles. The van der Waals surface area contributed by atoms with Gasteiger partial charge >= 0.3 is 0 Å². The van der Waals surface area contributed by atoms with Crippen molar-refractivity contribution in [3.05, 3.63) is 12.7 Å². The van der Waals surface area contributed by atoms with Crippen molar-refractivity contribution >= 4 is 0 Å². The van der Waals surface area contributed by atoms with E-state index >= 15 is 0 Å². The van der Waals surface area contributed by atoms with Gasteiger partial charge < -0.3 is 5.73 Å². The second-order valence-corrected chi connectivity index (χ2v) is 4.89. The molecule has 0 aliphatic rings. The van der Waals surface area contributed by atoms with Crippen molar-refractivity contribution in [2.75, 3.05) is 0 Å². The van der Waals surface area contributed by atoms with Crippen molar-refractivity contribution in [3.63, 3.8) is 0 Å². The maximum absolute atomic E-state index is 6.13. The van der Waals surface area contributed by atoms with Gasteiger partial charge in [0.15, 0.2) is 0 Å². The summed E-state index contributed by atoms with van der Waals surface area (Å²) in [6.07, 6.45) is 9.61. The van der Waals surface area contributed by atoms with Gasteiger partial charge in [0, 0.05) is 5.54 Å². The van der Waals surface area contributed by atoms with Gasteiger partial charge in [0.2, 0.25) is 0 Å². The Bertz CT molecular complexity index is 144. The van der Waals surface area contributed by atoms with Gasteiger partial charge in [0.25, 0.3) is 0 Å². The van der Waals surface area contributed by atoms with Crippen LogP contribution >= 0.6 is 0 Å². The van der Waals surface area contributed by atoms with E-state index in [1.165, 1.54) is 32.1 Å². The van der Waals surface area contributed by atoms with Crippen LogP contribution in [0.2, 0.25) is 0 Å². The Morgan fingerprint density at radius 1 is 1.29 bits per heavy atom. The lowest BCUT2D eigenvalue weighted by Gasteiger charge is -2.29. The zero-order chi connectivity index (χ0) is 11.0. The largest absolute Gasteiger partial charge is 0.325 e. The smallest absolute Gasteiger partial charge is 0.0128 e. The highest BCUT2D eigenvalue weighted by Gasteiger charge is 2.22. The third-order valence-electron chi connectivity index (χ3n) is 2.91. The van der Waals surface area contributed by atoms with Gasteiger partial charge in [-0.3, -0.25) is 0 Å². The van der Waals surface area contributed by atoms with Gasteiger partial charge in [0.1, 0.15) is 0 Å². The minimum Gasteiger partial charge on any atom is -0.325 e. The Morgan fingerprint density at radius 2 is 1.93 bits per heavy atom. The minimum atomic E-state index is -0.0552. The number of allylic oxidation sites excluding steroid dienone is 1. The van der Waals surface area contributed by atoms with Crippen LogP contribution in [0.5, 0.6) is 0 Å². The first-order valence-electron chi connectivity index (χ1n) is 5.92. The standard InChI is InChI=1S/C13H27N/c1-5-7-8-9-11-12(10-6-2)13(3,4)14/h6,12H,2,5,7-11,14H2,1,3-4H3. The molecule has 1 atom stereocenters. The number of hydrogen-bond acceptors (Lipinski definition) is 1. The maximum atomic E-state index is 6.13. The molecular weight excluding hydrogens is 170 g/mol. The predicted octanol–water partition coefficient (Wildman–Crippen LogP) is 3.89. The summed E-state index contributed by atoms with van der Waals surface area (Å²) in [7, 11) is 0. The molecular formula is C13H27N. The lowest BCUT2D eigenvalue weighted by atomic mass is 9.82. The second-order valence-electron chi connectivity index (χ2n) is 4.89. The van der Waals surface area contributed by atoms with E-state index in [1.807, 2.05) is 6.08 Å². The first-order valence-corrected chi connectivity index (χ1v) is 5.92. The van der Waals surface area contributed by atoms with E-state index in [2.05, 4.69) is 27.4 Å². The van der Waals surface area contributed by atoms with Gasteiger partial charge in [-0.2, -0.15) is 0 Å². The van der Waals surface area contributed by atoms with Crippen molar-refractivity contribution in [3.8, 4) is 0 Å². The molecule has 84 valence electrons. The van der Waals surface area contributed by atoms with E-state index < -0.39 is 0 Å². The van der Waals surface area contributed by atoms with E-state index in [0.717, 1.165) is 6.42 Å². The van der Waals surface area contributed by atoms with Gasteiger partial charge in [-0.05, 0) is 32.6 Å². The van der Waals surface area contributed by atoms with Crippen LogP contribution in [0.3, 0.4) is 0 Å². The molecule has 0 radical (unpaired) electrons. The number of rotatable bonds is 8. The average molecular weight is 197 g/mol. The summed E-state index contributed by atoms with van der Waals surface area (Å²) in [5.74, 6) is 0.594. The lowest BCUT2D eigenvalue weighted by Crippen LogP contribution is -2.40. The van der Waals surface area contributed by atoms with Crippen molar-refractivity contribution in [1.29, 1.82) is 0 Å². The molecule has 0 aromatic rings. The van der Waals surface area contributed by atoms with Crippen molar-refractivity contribution in [2.45, 2.75) is 64.8 Å². The van der Waals surface area contributed by atoms with Crippen LogP contribution in [0, 0.1) is 5.92 Å². The highest BCUT2D eigenvalue weighted by atomic mass is 14.7. The average Bonchev–Trinajstić information content (AvgIpc) is 2.08. The molecule has 0 fully saturated rings. The predicted molar refractivity (Wildman–Crippen MR) is 65.3 cm³/mol. The molecule has 1 unspecified atom stereocenters. The maximum Gasteiger partial charge on any atom is 0.0128 e. The topological polar surface area (TPSA) is 26.0 Å². The number of unbranched alkanes of at least 4 members (excludes halogenated alkanes) is 3. The van der Waals surface area contributed by atoms with Gasteiger partial charge in [0.05, 0.1) is 0 Å². The number of hydrogen-bond donors (Lipinski definition) is 1. The SMILES string of the molecule is C=CCC(CCCCCC)C(C)(C)N. The quantitative estimate of drug-likeness (QED) is 0.464. The van der Waals surface area contributed by atoms with Gasteiger partial charge in [-0.1, -0.05) is 38.7 Å². The molecule has 1 heteroatoms. The van der Waals surface area contributed by atoms with Crippen LogP contribution in [0.4, 0.5) is 0 Å². The fourth-order valence-corrected chi connectivity index (χ4v) is 1.81. The lowest BCUT2D eigenvalue weighted by molar-refractivity contribution is 0.294. The fraction of sp³-hybridized carbons (Fsp3) is 0.846. The molecule has 2 N–H and O–H groups in total. The van der Waals surface area contributed by atoms with E-state index in [9.17, 15) is 0 Å². The van der Waals surface area contributed by atoms with Gasteiger partial charge in [-0.15, -0.1) is 6.58 Å². The highest BCUT2D eigenvalue weighted by Crippen LogP contribution is 2.24. The van der Waals surface area contributed by atoms with E-state index in [1.54, 1.807) is 0 Å². The van der Waals surface area contributed by atoms with Crippen molar-refractivity contribution in [2.24, 2.45) is 11.7 Å². The summed E-state index contributed by atoms with van der Waals surface area (Å²) < 4.78 is 0. The molecule has 0 bridgehead atoms. The Balaban J connectivity index is 3.80. The molecule has 14 heavy (non-hydrogen) atoms.